The maximum Gasteiger partial charge on any atom is 0.0406 e. The molecule has 1 aromatic carbocycles. The molecule has 19 heavy (non-hydrogen) atoms. The molecular formula is C18H25Cl. The molecule has 0 heterocycles. The minimum absolute atomic E-state index is 0.243. The molecule has 2 rings (SSSR count). The van der Waals surface area contributed by atoms with Crippen molar-refractivity contribution in [1.82, 2.24) is 0 Å². The van der Waals surface area contributed by atoms with Gasteiger partial charge in [0.05, 0.1) is 0 Å². The van der Waals surface area contributed by atoms with Gasteiger partial charge in [0.2, 0.25) is 0 Å². The van der Waals surface area contributed by atoms with Gasteiger partial charge in [-0.15, -0.1) is 0 Å². The zero-order valence-electron chi connectivity index (χ0n) is 12.8. The number of halogens is 1. The van der Waals surface area contributed by atoms with Crippen LogP contribution in [-0.4, -0.2) is 0 Å². The highest BCUT2D eigenvalue weighted by atomic mass is 35.5. The fourth-order valence-corrected chi connectivity index (χ4v) is 3.10. The van der Waals surface area contributed by atoms with Crippen molar-refractivity contribution < 1.29 is 0 Å². The molecule has 0 amide bonds. The summed E-state index contributed by atoms with van der Waals surface area (Å²) >= 11 is 6.01. The molecule has 0 N–H and O–H groups in total. The van der Waals surface area contributed by atoms with Crippen molar-refractivity contribution in [2.24, 2.45) is 10.8 Å². The Labute approximate surface area is 122 Å². The molecule has 0 spiro atoms. The van der Waals surface area contributed by atoms with Crippen molar-refractivity contribution >= 4 is 17.2 Å². The summed E-state index contributed by atoms with van der Waals surface area (Å²) < 4.78 is 0. The van der Waals surface area contributed by atoms with Crippen LogP contribution in [0.4, 0.5) is 0 Å². The Morgan fingerprint density at radius 1 is 1.05 bits per heavy atom. The van der Waals surface area contributed by atoms with E-state index in [9.17, 15) is 0 Å². The molecule has 1 aliphatic carbocycles. The van der Waals surface area contributed by atoms with Gasteiger partial charge >= 0.3 is 0 Å². The third-order valence-electron chi connectivity index (χ3n) is 4.17. The van der Waals surface area contributed by atoms with Crippen LogP contribution in [0, 0.1) is 10.8 Å². The van der Waals surface area contributed by atoms with E-state index in [0.29, 0.717) is 5.41 Å². The molecule has 0 unspecified atom stereocenters. The minimum Gasteiger partial charge on any atom is -0.0843 e. The largest absolute Gasteiger partial charge is 0.0843 e. The van der Waals surface area contributed by atoms with Crippen molar-refractivity contribution in [3.63, 3.8) is 0 Å². The van der Waals surface area contributed by atoms with Crippen LogP contribution >= 0.6 is 11.6 Å². The molecule has 104 valence electrons. The van der Waals surface area contributed by atoms with E-state index >= 15 is 0 Å². The third kappa shape index (κ3) is 3.42. The van der Waals surface area contributed by atoms with Crippen LogP contribution in [0.15, 0.2) is 29.8 Å². The van der Waals surface area contributed by atoms with E-state index in [-0.39, 0.29) is 5.41 Å². The first-order valence-electron chi connectivity index (χ1n) is 7.17. The van der Waals surface area contributed by atoms with E-state index in [4.69, 9.17) is 11.6 Å². The van der Waals surface area contributed by atoms with Crippen molar-refractivity contribution in [1.29, 1.82) is 0 Å². The van der Waals surface area contributed by atoms with E-state index in [1.165, 1.54) is 24.8 Å². The zero-order chi connectivity index (χ0) is 14.3. The lowest BCUT2D eigenvalue weighted by Crippen LogP contribution is -2.24. The van der Waals surface area contributed by atoms with Crippen molar-refractivity contribution in [3.8, 4) is 0 Å². The molecule has 1 heteroatoms. The van der Waals surface area contributed by atoms with Crippen molar-refractivity contribution in [2.75, 3.05) is 0 Å². The second-order valence-electron chi connectivity index (χ2n) is 7.55. The number of hydrogen-bond donors (Lipinski definition) is 0. The molecule has 0 radical (unpaired) electrons. The molecular weight excluding hydrogens is 252 g/mol. The summed E-state index contributed by atoms with van der Waals surface area (Å²) in [6, 6.07) is 8.34. The number of hydrogen-bond acceptors (Lipinski definition) is 0. The van der Waals surface area contributed by atoms with Gasteiger partial charge in [-0.05, 0) is 53.4 Å². The van der Waals surface area contributed by atoms with Gasteiger partial charge in [0.1, 0.15) is 0 Å². The van der Waals surface area contributed by atoms with Gasteiger partial charge in [-0.1, -0.05) is 63.9 Å². The van der Waals surface area contributed by atoms with E-state index in [2.05, 4.69) is 46.8 Å². The normalized spacial score (nSPS) is 19.7. The Balaban J connectivity index is 2.49. The van der Waals surface area contributed by atoms with Gasteiger partial charge in [-0.25, -0.2) is 0 Å². The molecule has 0 bridgehead atoms. The Bertz CT molecular complexity index is 483. The smallest absolute Gasteiger partial charge is 0.0406 e. The lowest BCUT2D eigenvalue weighted by atomic mass is 9.66. The van der Waals surface area contributed by atoms with Gasteiger partial charge in [0, 0.05) is 5.02 Å². The molecule has 0 fully saturated rings. The number of rotatable bonds is 1. The Morgan fingerprint density at radius 2 is 1.63 bits per heavy atom. The molecule has 0 aromatic heterocycles. The molecule has 0 aliphatic heterocycles. The van der Waals surface area contributed by atoms with Crippen LogP contribution in [0.5, 0.6) is 0 Å². The SMILES string of the molecule is CC1(C)CCC(c2ccc(Cl)cc2)=C(C(C)(C)C)C1. The van der Waals surface area contributed by atoms with Crippen LogP contribution in [-0.2, 0) is 0 Å². The molecule has 0 atom stereocenters. The minimum atomic E-state index is 0.243. The van der Waals surface area contributed by atoms with Gasteiger partial charge in [0.25, 0.3) is 0 Å². The Morgan fingerprint density at radius 3 is 2.16 bits per heavy atom. The lowest BCUT2D eigenvalue weighted by molar-refractivity contribution is 0.292. The highest BCUT2D eigenvalue weighted by Crippen LogP contribution is 2.48. The highest BCUT2D eigenvalue weighted by Gasteiger charge is 2.32. The van der Waals surface area contributed by atoms with E-state index in [1.807, 2.05) is 12.1 Å². The summed E-state index contributed by atoms with van der Waals surface area (Å²) in [5.74, 6) is 0. The van der Waals surface area contributed by atoms with Crippen LogP contribution < -0.4 is 0 Å². The maximum atomic E-state index is 6.01. The van der Waals surface area contributed by atoms with Crippen molar-refractivity contribution in [2.45, 2.75) is 53.9 Å². The summed E-state index contributed by atoms with van der Waals surface area (Å²) in [7, 11) is 0. The van der Waals surface area contributed by atoms with E-state index in [0.717, 1.165) is 5.02 Å². The third-order valence-corrected chi connectivity index (χ3v) is 4.42. The zero-order valence-corrected chi connectivity index (χ0v) is 13.6. The first kappa shape index (κ1) is 14.7. The standard InChI is InChI=1S/C18H25Cl/c1-17(2,3)16-12-18(4,5)11-10-15(16)13-6-8-14(19)9-7-13/h6-9H,10-12H2,1-5H3. The van der Waals surface area contributed by atoms with Gasteiger partial charge in [0.15, 0.2) is 0 Å². The number of benzene rings is 1. The maximum absolute atomic E-state index is 6.01. The van der Waals surface area contributed by atoms with Gasteiger partial charge in [-0.2, -0.15) is 0 Å². The monoisotopic (exact) mass is 276 g/mol. The molecule has 0 saturated carbocycles. The summed E-state index contributed by atoms with van der Waals surface area (Å²) in [5, 5.41) is 0.817. The predicted octanol–water partition coefficient (Wildman–Crippen LogP) is 6.35. The predicted molar refractivity (Wildman–Crippen MR) is 85.5 cm³/mol. The first-order chi connectivity index (χ1) is 8.69. The molecule has 1 aliphatic rings. The van der Waals surface area contributed by atoms with Crippen LogP contribution in [0.2, 0.25) is 5.02 Å². The number of allylic oxidation sites excluding steroid dienone is 2. The fourth-order valence-electron chi connectivity index (χ4n) is 2.98. The summed E-state index contributed by atoms with van der Waals surface area (Å²) in [5.41, 5.74) is 5.19. The quantitative estimate of drug-likeness (QED) is 0.561. The van der Waals surface area contributed by atoms with Crippen LogP contribution in [0.25, 0.3) is 5.57 Å². The van der Waals surface area contributed by atoms with Crippen molar-refractivity contribution in [3.05, 3.63) is 40.4 Å². The lowest BCUT2D eigenvalue weighted by Gasteiger charge is -2.39. The Hall–Kier alpha value is -0.750. The van der Waals surface area contributed by atoms with Gasteiger partial charge in [-0.3, -0.25) is 0 Å². The second-order valence-corrected chi connectivity index (χ2v) is 7.99. The molecule has 0 saturated heterocycles. The van der Waals surface area contributed by atoms with E-state index < -0.39 is 0 Å². The second kappa shape index (κ2) is 4.98. The van der Waals surface area contributed by atoms with Crippen LogP contribution in [0.3, 0.4) is 0 Å². The highest BCUT2D eigenvalue weighted by molar-refractivity contribution is 6.30. The van der Waals surface area contributed by atoms with Crippen LogP contribution in [0.1, 0.15) is 59.4 Å². The molecule has 0 nitrogen and oxygen atoms in total. The summed E-state index contributed by atoms with van der Waals surface area (Å²) in [6.45, 7) is 11.8. The van der Waals surface area contributed by atoms with E-state index in [1.54, 1.807) is 11.1 Å². The average Bonchev–Trinajstić information content (AvgIpc) is 2.28. The Kier molecular flexibility index (Phi) is 3.84. The first-order valence-corrected chi connectivity index (χ1v) is 7.55. The topological polar surface area (TPSA) is 0 Å². The van der Waals surface area contributed by atoms with Gasteiger partial charge < -0.3 is 0 Å². The fraction of sp³-hybridized carbons (Fsp3) is 0.556. The average molecular weight is 277 g/mol. The molecule has 1 aromatic rings. The summed E-state index contributed by atoms with van der Waals surface area (Å²) in [4.78, 5) is 0. The summed E-state index contributed by atoms with van der Waals surface area (Å²) in [6.07, 6.45) is 3.65.